The van der Waals surface area contributed by atoms with Crippen LogP contribution in [0.4, 0.5) is 10.5 Å². The van der Waals surface area contributed by atoms with E-state index in [1.165, 1.54) is 19.2 Å². The summed E-state index contributed by atoms with van der Waals surface area (Å²) in [6.07, 6.45) is 5.42. The zero-order valence-electron chi connectivity index (χ0n) is 14.3. The van der Waals surface area contributed by atoms with Crippen LogP contribution in [-0.2, 0) is 4.74 Å². The minimum absolute atomic E-state index is 0.0258. The number of likely N-dealkylation sites (tertiary alicyclic amines) is 1. The lowest BCUT2D eigenvalue weighted by molar-refractivity contribution is 0.159. The van der Waals surface area contributed by atoms with Gasteiger partial charge >= 0.3 is 6.03 Å². The Morgan fingerprint density at radius 3 is 2.88 bits per heavy atom. The van der Waals surface area contributed by atoms with Crippen molar-refractivity contribution in [1.29, 1.82) is 0 Å². The van der Waals surface area contributed by atoms with Crippen LogP contribution in [0.1, 0.15) is 12.8 Å². The van der Waals surface area contributed by atoms with Gasteiger partial charge in [-0.05, 0) is 44.1 Å². The smallest absolute Gasteiger partial charge is 0.319 e. The van der Waals surface area contributed by atoms with Crippen LogP contribution in [0.3, 0.4) is 0 Å². The van der Waals surface area contributed by atoms with Crippen molar-refractivity contribution in [3.8, 4) is 5.69 Å². The molecule has 2 aromatic rings. The third-order valence-electron chi connectivity index (χ3n) is 4.85. The number of aromatic nitrogens is 3. The molecular formula is C17H21ClN6O2. The maximum absolute atomic E-state index is 12.6. The molecule has 138 valence electrons. The summed E-state index contributed by atoms with van der Waals surface area (Å²) in [4.78, 5) is 18.9. The number of carbonyl (C=O) groups is 1. The number of hydrogen-bond donors (Lipinski definition) is 2. The van der Waals surface area contributed by atoms with E-state index in [0.29, 0.717) is 29.6 Å². The highest BCUT2D eigenvalue weighted by Crippen LogP contribution is 2.24. The summed E-state index contributed by atoms with van der Waals surface area (Å²) < 4.78 is 7.19. The molecule has 1 aromatic carbocycles. The van der Waals surface area contributed by atoms with Crippen molar-refractivity contribution in [2.24, 2.45) is 0 Å². The first-order valence-corrected chi connectivity index (χ1v) is 9.12. The van der Waals surface area contributed by atoms with Crippen LogP contribution in [-0.4, -0.2) is 64.1 Å². The number of halogens is 1. The fourth-order valence-corrected chi connectivity index (χ4v) is 3.75. The summed E-state index contributed by atoms with van der Waals surface area (Å²) in [5.74, 6) is 0. The lowest BCUT2D eigenvalue weighted by Gasteiger charge is -2.28. The highest BCUT2D eigenvalue weighted by atomic mass is 35.5. The molecule has 2 saturated heterocycles. The molecule has 0 unspecified atom stereocenters. The van der Waals surface area contributed by atoms with Crippen molar-refractivity contribution in [3.05, 3.63) is 35.9 Å². The number of benzene rings is 1. The van der Waals surface area contributed by atoms with E-state index in [-0.39, 0.29) is 18.1 Å². The van der Waals surface area contributed by atoms with Gasteiger partial charge in [-0.25, -0.2) is 14.5 Å². The van der Waals surface area contributed by atoms with Crippen molar-refractivity contribution in [2.45, 2.75) is 24.9 Å². The van der Waals surface area contributed by atoms with Crippen molar-refractivity contribution in [3.63, 3.8) is 0 Å². The van der Waals surface area contributed by atoms with Crippen LogP contribution in [0.5, 0.6) is 0 Å². The second-order valence-corrected chi connectivity index (χ2v) is 6.99. The molecule has 0 saturated carbocycles. The number of ether oxygens (including phenoxy) is 1. The monoisotopic (exact) mass is 376 g/mol. The van der Waals surface area contributed by atoms with Crippen LogP contribution in [0.25, 0.3) is 5.69 Å². The van der Waals surface area contributed by atoms with E-state index in [1.54, 1.807) is 29.2 Å². The van der Waals surface area contributed by atoms with E-state index >= 15 is 0 Å². The SMILES string of the molecule is O=C(Nc1cc(Cl)ccc1-n1cncn1)N[C@@H]1COC[C@H]1N1CCCC1. The van der Waals surface area contributed by atoms with Gasteiger partial charge in [0.25, 0.3) is 0 Å². The highest BCUT2D eigenvalue weighted by molar-refractivity contribution is 6.31. The fourth-order valence-electron chi connectivity index (χ4n) is 3.58. The summed E-state index contributed by atoms with van der Waals surface area (Å²) in [7, 11) is 0. The van der Waals surface area contributed by atoms with Crippen LogP contribution >= 0.6 is 11.6 Å². The number of carbonyl (C=O) groups excluding carboxylic acids is 1. The molecular weight excluding hydrogens is 356 g/mol. The number of nitrogens with zero attached hydrogens (tertiary/aromatic N) is 4. The van der Waals surface area contributed by atoms with Gasteiger partial charge in [-0.1, -0.05) is 11.6 Å². The Kier molecular flexibility index (Phi) is 5.05. The van der Waals surface area contributed by atoms with Crippen LogP contribution in [0, 0.1) is 0 Å². The van der Waals surface area contributed by atoms with E-state index in [1.807, 2.05) is 0 Å². The molecule has 2 N–H and O–H groups in total. The third kappa shape index (κ3) is 3.67. The topological polar surface area (TPSA) is 84.3 Å². The first kappa shape index (κ1) is 17.3. The Labute approximate surface area is 156 Å². The number of amides is 2. The van der Waals surface area contributed by atoms with E-state index in [0.717, 1.165) is 13.1 Å². The Morgan fingerprint density at radius 1 is 1.27 bits per heavy atom. The van der Waals surface area contributed by atoms with E-state index in [9.17, 15) is 4.79 Å². The first-order valence-electron chi connectivity index (χ1n) is 8.74. The van der Waals surface area contributed by atoms with Crippen molar-refractivity contribution >= 4 is 23.3 Å². The van der Waals surface area contributed by atoms with E-state index in [2.05, 4.69) is 25.6 Å². The molecule has 2 atom stereocenters. The van der Waals surface area contributed by atoms with E-state index in [4.69, 9.17) is 16.3 Å². The van der Waals surface area contributed by atoms with Crippen LogP contribution < -0.4 is 10.6 Å². The zero-order valence-corrected chi connectivity index (χ0v) is 15.0. The minimum atomic E-state index is -0.284. The first-order chi connectivity index (χ1) is 12.7. The quantitative estimate of drug-likeness (QED) is 0.851. The van der Waals surface area contributed by atoms with Gasteiger partial charge in [-0.2, -0.15) is 5.10 Å². The minimum Gasteiger partial charge on any atom is -0.378 e. The Morgan fingerprint density at radius 2 is 2.12 bits per heavy atom. The van der Waals surface area contributed by atoms with Gasteiger partial charge in [0.2, 0.25) is 0 Å². The van der Waals surface area contributed by atoms with Crippen molar-refractivity contribution in [2.75, 3.05) is 31.6 Å². The molecule has 26 heavy (non-hydrogen) atoms. The molecule has 1 aromatic heterocycles. The average Bonchev–Trinajstić information content (AvgIpc) is 3.37. The number of anilines is 1. The maximum Gasteiger partial charge on any atom is 0.319 e. The van der Waals surface area contributed by atoms with Crippen LogP contribution in [0.15, 0.2) is 30.9 Å². The molecule has 0 spiro atoms. The maximum atomic E-state index is 12.6. The Bertz CT molecular complexity index is 763. The normalized spacial score (nSPS) is 23.3. The van der Waals surface area contributed by atoms with Gasteiger partial charge in [0.1, 0.15) is 12.7 Å². The van der Waals surface area contributed by atoms with Gasteiger partial charge in [-0.15, -0.1) is 0 Å². The van der Waals surface area contributed by atoms with Crippen molar-refractivity contribution < 1.29 is 9.53 Å². The van der Waals surface area contributed by atoms with Crippen LogP contribution in [0.2, 0.25) is 5.02 Å². The van der Waals surface area contributed by atoms with Gasteiger partial charge in [0.05, 0.1) is 36.7 Å². The summed E-state index contributed by atoms with van der Waals surface area (Å²) in [6, 6.07) is 5.16. The van der Waals surface area contributed by atoms with Gasteiger partial charge in [0.15, 0.2) is 0 Å². The molecule has 0 radical (unpaired) electrons. The van der Waals surface area contributed by atoms with Gasteiger partial charge < -0.3 is 15.4 Å². The summed E-state index contributed by atoms with van der Waals surface area (Å²) >= 11 is 6.10. The molecule has 0 aliphatic carbocycles. The zero-order chi connectivity index (χ0) is 17.9. The van der Waals surface area contributed by atoms with Gasteiger partial charge in [-0.3, -0.25) is 4.90 Å². The summed E-state index contributed by atoms with van der Waals surface area (Å²) in [5, 5.41) is 10.6. The molecule has 4 rings (SSSR count). The standard InChI is InChI=1S/C17H21ClN6O2/c18-12-3-4-15(24-11-19-10-20-24)13(7-12)21-17(25)22-14-8-26-9-16(14)23-5-1-2-6-23/h3-4,7,10-11,14,16H,1-2,5-6,8-9H2,(H2,21,22,25)/t14-,16-/m1/s1. The Hall–Kier alpha value is -2.16. The van der Waals surface area contributed by atoms with E-state index < -0.39 is 0 Å². The molecule has 9 heteroatoms. The lowest BCUT2D eigenvalue weighted by atomic mass is 10.1. The molecule has 8 nitrogen and oxygen atoms in total. The lowest BCUT2D eigenvalue weighted by Crippen LogP contribution is -2.51. The predicted octanol–water partition coefficient (Wildman–Crippen LogP) is 1.91. The summed E-state index contributed by atoms with van der Waals surface area (Å²) in [5.41, 5.74) is 1.26. The highest BCUT2D eigenvalue weighted by Gasteiger charge is 2.35. The molecule has 2 fully saturated rings. The molecule has 3 heterocycles. The Balaban J connectivity index is 1.46. The molecule has 2 amide bonds. The second-order valence-electron chi connectivity index (χ2n) is 6.55. The molecule has 0 bridgehead atoms. The average molecular weight is 377 g/mol. The number of urea groups is 1. The summed E-state index contributed by atoms with van der Waals surface area (Å²) in [6.45, 7) is 3.32. The number of nitrogens with one attached hydrogen (secondary N) is 2. The third-order valence-corrected chi connectivity index (χ3v) is 5.08. The predicted molar refractivity (Wildman–Crippen MR) is 97.7 cm³/mol. The number of rotatable bonds is 4. The largest absolute Gasteiger partial charge is 0.378 e. The number of hydrogen-bond acceptors (Lipinski definition) is 5. The van der Waals surface area contributed by atoms with Crippen molar-refractivity contribution in [1.82, 2.24) is 25.0 Å². The van der Waals surface area contributed by atoms with Gasteiger partial charge in [0, 0.05) is 5.02 Å². The fraction of sp³-hybridized carbons (Fsp3) is 0.471. The molecule has 2 aliphatic rings. The second kappa shape index (κ2) is 7.61. The molecule has 2 aliphatic heterocycles.